The Hall–Kier alpha value is -6.38. The molecule has 234 valence electrons. The molecule has 2 heterocycles. The molecule has 0 fully saturated rings. The maximum Gasteiger partial charge on any atom is 0.178 e. The van der Waals surface area contributed by atoms with Crippen molar-refractivity contribution >= 4 is 49.4 Å². The van der Waals surface area contributed by atoms with E-state index in [-0.39, 0.29) is 0 Å². The van der Waals surface area contributed by atoms with Crippen LogP contribution in [0.5, 0.6) is 5.75 Å². The van der Waals surface area contributed by atoms with Gasteiger partial charge in [0.15, 0.2) is 5.60 Å². The molecule has 1 atom stereocenters. The highest BCUT2D eigenvalue weighted by atomic mass is 16.5. The third-order valence-electron chi connectivity index (χ3n) is 11.1. The van der Waals surface area contributed by atoms with Gasteiger partial charge in [-0.2, -0.15) is 0 Å². The van der Waals surface area contributed by atoms with Gasteiger partial charge in [0.25, 0.3) is 0 Å². The minimum atomic E-state index is -0.856. The molecule has 0 saturated heterocycles. The molecule has 11 rings (SSSR count). The normalized spacial score (nSPS) is 15.9. The van der Waals surface area contributed by atoms with Crippen LogP contribution in [0.3, 0.4) is 0 Å². The fraction of sp³-hybridized carbons (Fsp3) is 0.0417. The van der Waals surface area contributed by atoms with E-state index >= 15 is 0 Å². The summed E-state index contributed by atoms with van der Waals surface area (Å²) in [7, 11) is 0. The number of hydrogen-bond acceptors (Lipinski definition) is 1. The lowest BCUT2D eigenvalue weighted by Gasteiger charge is -2.38. The van der Waals surface area contributed by atoms with E-state index in [1.54, 1.807) is 0 Å². The lowest BCUT2D eigenvalue weighted by atomic mass is 9.80. The van der Waals surface area contributed by atoms with Crippen molar-refractivity contribution in [2.75, 3.05) is 0 Å². The van der Waals surface area contributed by atoms with Gasteiger partial charge in [-0.1, -0.05) is 140 Å². The monoisotopic (exact) mass is 637 g/mol. The van der Waals surface area contributed by atoms with E-state index in [0.29, 0.717) is 0 Å². The van der Waals surface area contributed by atoms with Crippen molar-refractivity contribution in [3.63, 3.8) is 0 Å². The molecule has 0 spiro atoms. The molecule has 1 aromatic heterocycles. The van der Waals surface area contributed by atoms with Crippen LogP contribution in [0.1, 0.15) is 22.3 Å². The molecule has 0 N–H and O–H groups in total. The fourth-order valence-corrected chi connectivity index (χ4v) is 8.92. The smallest absolute Gasteiger partial charge is 0.178 e. The van der Waals surface area contributed by atoms with Gasteiger partial charge in [0.2, 0.25) is 0 Å². The third kappa shape index (κ3) is 3.57. The summed E-state index contributed by atoms with van der Waals surface area (Å²) in [5.41, 5.74) is 12.5. The summed E-state index contributed by atoms with van der Waals surface area (Å²) >= 11 is 0. The molecule has 0 bridgehead atoms. The van der Waals surface area contributed by atoms with Crippen molar-refractivity contribution < 1.29 is 4.74 Å². The highest BCUT2D eigenvalue weighted by molar-refractivity contribution is 6.19. The molecule has 2 heteroatoms. The fourth-order valence-electron chi connectivity index (χ4n) is 8.92. The standard InChI is InChI=1S/C48H31NO/c1-30-34-28-29-48(42-21-10-13-31-12-2-3-14-35(31)42,50-47(34)41-20-11-19-40-36-15-4-5-18-39(36)45(30)46(40)41)32-24-26-33(27-25-32)49-43-22-8-6-16-37(43)38-17-7-9-23-44(38)49/h2-29H,1H3. The van der Waals surface area contributed by atoms with E-state index in [2.05, 4.69) is 181 Å². The van der Waals surface area contributed by atoms with Gasteiger partial charge in [0.05, 0.1) is 11.0 Å². The zero-order valence-corrected chi connectivity index (χ0v) is 27.5. The van der Waals surface area contributed by atoms with Crippen LogP contribution in [0.25, 0.3) is 77.4 Å². The first kappa shape index (κ1) is 27.6. The molecule has 50 heavy (non-hydrogen) atoms. The molecular formula is C48H31NO. The van der Waals surface area contributed by atoms with Crippen LogP contribution < -0.4 is 4.74 Å². The highest BCUT2D eigenvalue weighted by Gasteiger charge is 2.40. The van der Waals surface area contributed by atoms with E-state index < -0.39 is 5.60 Å². The predicted octanol–water partition coefficient (Wildman–Crippen LogP) is 12.4. The minimum absolute atomic E-state index is 0.856. The lowest BCUT2D eigenvalue weighted by molar-refractivity contribution is 0.165. The largest absolute Gasteiger partial charge is 0.472 e. The predicted molar refractivity (Wildman–Crippen MR) is 208 cm³/mol. The van der Waals surface area contributed by atoms with Crippen molar-refractivity contribution in [3.05, 3.63) is 186 Å². The highest BCUT2D eigenvalue weighted by Crippen LogP contribution is 2.55. The van der Waals surface area contributed by atoms with Gasteiger partial charge in [-0.25, -0.2) is 0 Å². The number of aromatic nitrogens is 1. The number of ether oxygens (including phenoxy) is 1. The molecule has 1 aliphatic heterocycles. The molecule has 1 unspecified atom stereocenters. The summed E-state index contributed by atoms with van der Waals surface area (Å²) in [6, 6.07) is 57.1. The Balaban J connectivity index is 1.16. The first-order valence-corrected chi connectivity index (χ1v) is 17.4. The van der Waals surface area contributed by atoms with E-state index in [4.69, 9.17) is 4.74 Å². The van der Waals surface area contributed by atoms with Crippen molar-refractivity contribution in [2.45, 2.75) is 12.5 Å². The zero-order chi connectivity index (χ0) is 33.0. The van der Waals surface area contributed by atoms with Crippen LogP contribution in [0, 0.1) is 6.92 Å². The van der Waals surface area contributed by atoms with Gasteiger partial charge >= 0.3 is 0 Å². The molecule has 2 nitrogen and oxygen atoms in total. The molecule has 1 aliphatic carbocycles. The van der Waals surface area contributed by atoms with Crippen LogP contribution in [-0.2, 0) is 5.60 Å². The Morgan fingerprint density at radius 3 is 1.90 bits per heavy atom. The first-order valence-electron chi connectivity index (χ1n) is 17.4. The maximum atomic E-state index is 7.61. The van der Waals surface area contributed by atoms with E-state index in [0.717, 1.165) is 33.5 Å². The maximum absolute atomic E-state index is 7.61. The summed E-state index contributed by atoms with van der Waals surface area (Å²) in [4.78, 5) is 0. The van der Waals surface area contributed by atoms with Gasteiger partial charge in [-0.05, 0) is 75.9 Å². The van der Waals surface area contributed by atoms with Gasteiger partial charge in [0, 0.05) is 43.9 Å². The molecule has 0 saturated carbocycles. The Morgan fingerprint density at radius 2 is 1.12 bits per heavy atom. The number of benzene rings is 8. The van der Waals surface area contributed by atoms with Gasteiger partial charge in [-0.3, -0.25) is 0 Å². The van der Waals surface area contributed by atoms with Gasteiger partial charge in [-0.15, -0.1) is 0 Å². The molecule has 0 amide bonds. The number of fused-ring (bicyclic) bond motifs is 9. The van der Waals surface area contributed by atoms with Crippen molar-refractivity contribution in [2.24, 2.45) is 0 Å². The van der Waals surface area contributed by atoms with Crippen LogP contribution in [0.2, 0.25) is 0 Å². The summed E-state index contributed by atoms with van der Waals surface area (Å²) < 4.78 is 9.98. The molecule has 9 aromatic rings. The van der Waals surface area contributed by atoms with Crippen molar-refractivity contribution in [1.82, 2.24) is 4.57 Å². The second-order valence-electron chi connectivity index (χ2n) is 13.6. The molecule has 2 aliphatic rings. The average Bonchev–Trinajstić information content (AvgIpc) is 3.70. The number of para-hydroxylation sites is 2. The van der Waals surface area contributed by atoms with E-state index in [1.165, 1.54) is 65.8 Å². The Bertz CT molecular complexity index is 2850. The first-order chi connectivity index (χ1) is 24.7. The van der Waals surface area contributed by atoms with Crippen molar-refractivity contribution in [1.29, 1.82) is 0 Å². The number of nitrogens with zero attached hydrogens (tertiary/aromatic N) is 1. The van der Waals surface area contributed by atoms with Gasteiger partial charge in [0.1, 0.15) is 5.75 Å². The summed E-state index contributed by atoms with van der Waals surface area (Å²) in [5.74, 6) is 0.942. The topological polar surface area (TPSA) is 14.2 Å². The summed E-state index contributed by atoms with van der Waals surface area (Å²) in [6.07, 6.45) is 4.61. The van der Waals surface area contributed by atoms with E-state index in [9.17, 15) is 0 Å². The summed E-state index contributed by atoms with van der Waals surface area (Å²) in [6.45, 7) is 2.26. The van der Waals surface area contributed by atoms with Crippen LogP contribution in [-0.4, -0.2) is 4.57 Å². The average molecular weight is 638 g/mol. The minimum Gasteiger partial charge on any atom is -0.472 e. The zero-order valence-electron chi connectivity index (χ0n) is 27.5. The van der Waals surface area contributed by atoms with Crippen LogP contribution in [0.4, 0.5) is 0 Å². The molecular weight excluding hydrogens is 607 g/mol. The van der Waals surface area contributed by atoms with Crippen molar-refractivity contribution in [3.8, 4) is 33.7 Å². The molecule has 8 aromatic carbocycles. The number of rotatable bonds is 3. The lowest BCUT2D eigenvalue weighted by Crippen LogP contribution is -2.34. The van der Waals surface area contributed by atoms with Crippen LogP contribution in [0.15, 0.2) is 164 Å². The second kappa shape index (κ2) is 10.1. The second-order valence-corrected chi connectivity index (χ2v) is 13.6. The third-order valence-corrected chi connectivity index (χ3v) is 11.1. The quantitative estimate of drug-likeness (QED) is 0.188. The van der Waals surface area contributed by atoms with E-state index in [1.807, 2.05) is 0 Å². The number of hydrogen-bond donors (Lipinski definition) is 0. The van der Waals surface area contributed by atoms with Crippen LogP contribution >= 0.6 is 0 Å². The van der Waals surface area contributed by atoms with Gasteiger partial charge < -0.3 is 9.30 Å². The Labute approximate surface area is 290 Å². The SMILES string of the molecule is Cc1c2c(c3cccc4c3c1-c1ccccc1-4)OC(c1ccc(-n3c4ccccc4c4ccccc43)cc1)(c1cccc3ccccc13)C=C2. The molecule has 0 radical (unpaired) electrons. The summed E-state index contributed by atoms with van der Waals surface area (Å²) in [5, 5.41) is 7.34. The Kier molecular flexibility index (Phi) is 5.55. The Morgan fingerprint density at radius 1 is 0.520 bits per heavy atom.